The molecule has 0 aliphatic heterocycles. The lowest BCUT2D eigenvalue weighted by molar-refractivity contribution is -0.384. The molecule has 0 spiro atoms. The minimum atomic E-state index is -4.00. The van der Waals surface area contributed by atoms with Gasteiger partial charge >= 0.3 is 0 Å². The highest BCUT2D eigenvalue weighted by Crippen LogP contribution is 2.24. The van der Waals surface area contributed by atoms with Gasteiger partial charge in [0.1, 0.15) is 11.6 Å². The number of hydrogen-bond acceptors (Lipinski definition) is 5. The van der Waals surface area contributed by atoms with Crippen LogP contribution in [0.4, 0.5) is 15.9 Å². The predicted molar refractivity (Wildman–Crippen MR) is 102 cm³/mol. The number of aromatic nitrogens is 2. The van der Waals surface area contributed by atoms with Gasteiger partial charge in [0.05, 0.1) is 21.2 Å². The fourth-order valence-electron chi connectivity index (χ4n) is 2.74. The second kappa shape index (κ2) is 7.04. The van der Waals surface area contributed by atoms with Crippen LogP contribution in [0, 0.1) is 36.7 Å². The van der Waals surface area contributed by atoms with E-state index in [1.165, 1.54) is 61.0 Å². The number of nitro groups is 1. The lowest BCUT2D eigenvalue weighted by atomic mass is 10.1. The Morgan fingerprint density at radius 1 is 1.07 bits per heavy atom. The van der Waals surface area contributed by atoms with E-state index in [0.29, 0.717) is 11.4 Å². The van der Waals surface area contributed by atoms with E-state index in [4.69, 9.17) is 0 Å². The van der Waals surface area contributed by atoms with Gasteiger partial charge in [0.2, 0.25) is 0 Å². The van der Waals surface area contributed by atoms with Crippen molar-refractivity contribution in [1.82, 2.24) is 9.78 Å². The van der Waals surface area contributed by atoms with Gasteiger partial charge < -0.3 is 0 Å². The van der Waals surface area contributed by atoms with Crippen LogP contribution in [0.15, 0.2) is 47.4 Å². The summed E-state index contributed by atoms with van der Waals surface area (Å²) in [5.41, 5.74) is 1.35. The van der Waals surface area contributed by atoms with E-state index < -0.39 is 20.8 Å². The molecule has 0 unspecified atom stereocenters. The summed E-state index contributed by atoms with van der Waals surface area (Å²) in [6.07, 6.45) is 0. The standard InChI is InChI=1S/C18H17FN4O4S/c1-11-8-16(9-12(2)18(11)19)28(26,27)21-17-10-13(3)20-22(17)14-4-6-15(7-5-14)23(24)25/h4-10,21H,1-3H3. The highest BCUT2D eigenvalue weighted by atomic mass is 32.2. The lowest BCUT2D eigenvalue weighted by Gasteiger charge is -2.12. The summed E-state index contributed by atoms with van der Waals surface area (Å²) in [4.78, 5) is 10.2. The average Bonchev–Trinajstić information content (AvgIpc) is 2.98. The van der Waals surface area contributed by atoms with Crippen LogP contribution < -0.4 is 4.72 Å². The Hall–Kier alpha value is -3.27. The molecular formula is C18H17FN4O4S. The first kappa shape index (κ1) is 19.5. The van der Waals surface area contributed by atoms with Crippen molar-refractivity contribution in [3.63, 3.8) is 0 Å². The Morgan fingerprint density at radius 3 is 2.18 bits per heavy atom. The largest absolute Gasteiger partial charge is 0.269 e. The Balaban J connectivity index is 2.00. The van der Waals surface area contributed by atoms with Crippen LogP contribution >= 0.6 is 0 Å². The number of rotatable bonds is 5. The third-order valence-electron chi connectivity index (χ3n) is 4.10. The molecule has 3 rings (SSSR count). The first-order chi connectivity index (χ1) is 13.1. The first-order valence-electron chi connectivity index (χ1n) is 8.19. The molecule has 1 N–H and O–H groups in total. The molecule has 0 aliphatic carbocycles. The zero-order valence-electron chi connectivity index (χ0n) is 15.3. The Labute approximate surface area is 160 Å². The second-order valence-corrected chi connectivity index (χ2v) is 8.02. The first-order valence-corrected chi connectivity index (χ1v) is 9.68. The number of nitrogens with zero attached hydrogens (tertiary/aromatic N) is 3. The van der Waals surface area contributed by atoms with Crippen LogP contribution in [-0.2, 0) is 10.0 Å². The van der Waals surface area contributed by atoms with Gasteiger partial charge in [-0.15, -0.1) is 0 Å². The number of benzene rings is 2. The molecule has 3 aromatic rings. The van der Waals surface area contributed by atoms with Crippen molar-refractivity contribution in [1.29, 1.82) is 0 Å². The number of nitro benzene ring substituents is 1. The van der Waals surface area contributed by atoms with Gasteiger partial charge in [0.25, 0.3) is 15.7 Å². The molecule has 0 aliphatic rings. The van der Waals surface area contributed by atoms with Crippen molar-refractivity contribution in [2.24, 2.45) is 0 Å². The quantitative estimate of drug-likeness (QED) is 0.516. The molecule has 0 bridgehead atoms. The molecule has 28 heavy (non-hydrogen) atoms. The second-order valence-electron chi connectivity index (χ2n) is 6.33. The molecule has 0 saturated heterocycles. The summed E-state index contributed by atoms with van der Waals surface area (Å²) in [6.45, 7) is 4.67. The molecule has 0 atom stereocenters. The van der Waals surface area contributed by atoms with Gasteiger partial charge in [-0.3, -0.25) is 14.8 Å². The number of anilines is 1. The molecule has 2 aromatic carbocycles. The van der Waals surface area contributed by atoms with Crippen LogP contribution in [0.3, 0.4) is 0 Å². The average molecular weight is 404 g/mol. The van der Waals surface area contributed by atoms with E-state index in [0.717, 1.165) is 0 Å². The minimum Gasteiger partial charge on any atom is -0.263 e. The summed E-state index contributed by atoms with van der Waals surface area (Å²) in [5.74, 6) is -0.295. The molecule has 0 radical (unpaired) electrons. The summed E-state index contributed by atoms with van der Waals surface area (Å²) < 4.78 is 43.2. The van der Waals surface area contributed by atoms with Crippen LogP contribution in [0.2, 0.25) is 0 Å². The van der Waals surface area contributed by atoms with Crippen molar-refractivity contribution in [3.8, 4) is 5.69 Å². The van der Waals surface area contributed by atoms with E-state index in [9.17, 15) is 22.9 Å². The Morgan fingerprint density at radius 2 is 1.64 bits per heavy atom. The summed E-state index contributed by atoms with van der Waals surface area (Å²) in [6, 6.07) is 9.58. The van der Waals surface area contributed by atoms with E-state index in [2.05, 4.69) is 9.82 Å². The molecule has 1 heterocycles. The number of aryl methyl sites for hydroxylation is 3. The Kier molecular flexibility index (Phi) is 4.90. The maximum absolute atomic E-state index is 13.8. The molecule has 1 aromatic heterocycles. The topological polar surface area (TPSA) is 107 Å². The number of non-ortho nitro benzene ring substituents is 1. The highest BCUT2D eigenvalue weighted by molar-refractivity contribution is 7.92. The van der Waals surface area contributed by atoms with Crippen molar-refractivity contribution in [3.05, 3.63) is 75.2 Å². The van der Waals surface area contributed by atoms with Crippen molar-refractivity contribution >= 4 is 21.5 Å². The number of sulfonamides is 1. The zero-order chi connectivity index (χ0) is 20.6. The van der Waals surface area contributed by atoms with Gasteiger partial charge in [-0.1, -0.05) is 0 Å². The molecule has 0 fully saturated rings. The predicted octanol–water partition coefficient (Wildman–Crippen LogP) is 3.65. The fourth-order valence-corrected chi connectivity index (χ4v) is 3.94. The van der Waals surface area contributed by atoms with E-state index in [-0.39, 0.29) is 27.5 Å². The van der Waals surface area contributed by atoms with Gasteiger partial charge in [-0.2, -0.15) is 5.10 Å². The zero-order valence-corrected chi connectivity index (χ0v) is 16.1. The number of hydrogen-bond donors (Lipinski definition) is 1. The molecule has 0 amide bonds. The van der Waals surface area contributed by atoms with Gasteiger partial charge in [-0.05, 0) is 56.2 Å². The molecule has 10 heteroatoms. The van der Waals surface area contributed by atoms with Crippen LogP contribution in [0.1, 0.15) is 16.8 Å². The minimum absolute atomic E-state index is 0.0713. The maximum Gasteiger partial charge on any atom is 0.269 e. The fraction of sp³-hybridized carbons (Fsp3) is 0.167. The molecular weight excluding hydrogens is 387 g/mol. The summed E-state index contributed by atoms with van der Waals surface area (Å²) in [5, 5.41) is 15.1. The molecule has 8 nitrogen and oxygen atoms in total. The van der Waals surface area contributed by atoms with Gasteiger partial charge in [0.15, 0.2) is 0 Å². The van der Waals surface area contributed by atoms with Crippen molar-refractivity contribution < 1.29 is 17.7 Å². The monoisotopic (exact) mass is 404 g/mol. The third-order valence-corrected chi connectivity index (χ3v) is 5.43. The smallest absolute Gasteiger partial charge is 0.263 e. The van der Waals surface area contributed by atoms with Crippen molar-refractivity contribution in [2.45, 2.75) is 25.7 Å². The SMILES string of the molecule is Cc1cc(NS(=O)(=O)c2cc(C)c(F)c(C)c2)n(-c2ccc([N+](=O)[O-])cc2)n1. The number of halogens is 1. The van der Waals surface area contributed by atoms with Crippen LogP contribution in [0.25, 0.3) is 5.69 Å². The maximum atomic E-state index is 13.8. The van der Waals surface area contributed by atoms with Gasteiger partial charge in [0, 0.05) is 18.2 Å². The number of nitrogens with one attached hydrogen (secondary N) is 1. The summed E-state index contributed by atoms with van der Waals surface area (Å²) in [7, 11) is -4.00. The molecule has 146 valence electrons. The lowest BCUT2D eigenvalue weighted by Crippen LogP contribution is -2.16. The Bertz CT molecular complexity index is 1150. The van der Waals surface area contributed by atoms with Crippen molar-refractivity contribution in [2.75, 3.05) is 4.72 Å². The summed E-state index contributed by atoms with van der Waals surface area (Å²) >= 11 is 0. The highest BCUT2D eigenvalue weighted by Gasteiger charge is 2.20. The normalized spacial score (nSPS) is 11.4. The van der Waals surface area contributed by atoms with E-state index in [1.807, 2.05) is 0 Å². The third kappa shape index (κ3) is 3.72. The van der Waals surface area contributed by atoms with E-state index in [1.54, 1.807) is 6.92 Å². The van der Waals surface area contributed by atoms with Crippen LogP contribution in [-0.4, -0.2) is 23.1 Å². The van der Waals surface area contributed by atoms with E-state index >= 15 is 0 Å². The van der Waals surface area contributed by atoms with Gasteiger partial charge in [-0.25, -0.2) is 17.5 Å². The van der Waals surface area contributed by atoms with Crippen LogP contribution in [0.5, 0.6) is 0 Å². The molecule has 0 saturated carbocycles.